The van der Waals surface area contributed by atoms with Crippen molar-refractivity contribution in [3.05, 3.63) is 46.0 Å². The Kier molecular flexibility index (Phi) is 3.74. The molecule has 0 aliphatic rings. The summed E-state index contributed by atoms with van der Waals surface area (Å²) in [4.78, 5) is 14.4. The van der Waals surface area contributed by atoms with E-state index in [1.54, 1.807) is 26.2 Å². The van der Waals surface area contributed by atoms with Crippen molar-refractivity contribution in [2.24, 2.45) is 0 Å². The van der Waals surface area contributed by atoms with E-state index in [0.717, 1.165) is 5.56 Å². The normalized spacial score (nSPS) is 10.9. The summed E-state index contributed by atoms with van der Waals surface area (Å²) in [7, 11) is 0. The first-order valence-electron chi connectivity index (χ1n) is 6.51. The standard InChI is InChI=1S/C13H12N6O3S/c1-7-5-9(19(20)21)6-15-12(7)23-13-17-16-11(18(13)14)10-3-4-22-8(10)2/h3-6H,14H2,1-2H3. The summed E-state index contributed by atoms with van der Waals surface area (Å²) in [6.07, 6.45) is 2.75. The molecule has 0 saturated heterocycles. The van der Waals surface area contributed by atoms with Gasteiger partial charge in [0.2, 0.25) is 5.16 Å². The maximum Gasteiger partial charge on any atom is 0.287 e. The van der Waals surface area contributed by atoms with Crippen LogP contribution in [-0.4, -0.2) is 24.8 Å². The van der Waals surface area contributed by atoms with Gasteiger partial charge in [0.15, 0.2) is 5.82 Å². The third-order valence-electron chi connectivity index (χ3n) is 3.18. The number of aryl methyl sites for hydroxylation is 2. The number of nitro groups is 1. The summed E-state index contributed by atoms with van der Waals surface area (Å²) in [5, 5.41) is 19.8. The molecule has 23 heavy (non-hydrogen) atoms. The second-order valence-corrected chi connectivity index (χ2v) is 5.70. The molecule has 9 nitrogen and oxygen atoms in total. The van der Waals surface area contributed by atoms with Crippen LogP contribution in [0.15, 0.2) is 39.2 Å². The molecule has 2 N–H and O–H groups in total. The molecule has 0 bridgehead atoms. The van der Waals surface area contributed by atoms with Crippen LogP contribution in [0.5, 0.6) is 0 Å². The average Bonchev–Trinajstić information content (AvgIpc) is 3.07. The lowest BCUT2D eigenvalue weighted by molar-refractivity contribution is -0.385. The van der Waals surface area contributed by atoms with Gasteiger partial charge < -0.3 is 10.3 Å². The highest BCUT2D eigenvalue weighted by molar-refractivity contribution is 7.99. The molecule has 0 spiro atoms. The number of furan rings is 1. The van der Waals surface area contributed by atoms with Crippen LogP contribution in [0.25, 0.3) is 11.4 Å². The van der Waals surface area contributed by atoms with Crippen LogP contribution >= 0.6 is 11.8 Å². The molecule has 0 unspecified atom stereocenters. The van der Waals surface area contributed by atoms with Gasteiger partial charge in [0.05, 0.1) is 16.7 Å². The third-order valence-corrected chi connectivity index (χ3v) is 4.26. The molecule has 118 valence electrons. The van der Waals surface area contributed by atoms with Gasteiger partial charge in [-0.3, -0.25) is 10.1 Å². The lowest BCUT2D eigenvalue weighted by Gasteiger charge is -2.04. The van der Waals surface area contributed by atoms with E-state index in [-0.39, 0.29) is 5.69 Å². The maximum absolute atomic E-state index is 10.7. The van der Waals surface area contributed by atoms with Crippen LogP contribution in [0.1, 0.15) is 11.3 Å². The van der Waals surface area contributed by atoms with Crippen molar-refractivity contribution in [3.8, 4) is 11.4 Å². The van der Waals surface area contributed by atoms with Gasteiger partial charge in [-0.05, 0) is 37.2 Å². The summed E-state index contributed by atoms with van der Waals surface area (Å²) in [6.45, 7) is 3.54. The number of hydrogen-bond donors (Lipinski definition) is 1. The number of aromatic nitrogens is 4. The second kappa shape index (κ2) is 5.72. The maximum atomic E-state index is 10.7. The van der Waals surface area contributed by atoms with E-state index in [1.165, 1.54) is 28.7 Å². The van der Waals surface area contributed by atoms with E-state index >= 15 is 0 Å². The van der Waals surface area contributed by atoms with Crippen LogP contribution in [0, 0.1) is 24.0 Å². The number of rotatable bonds is 4. The Morgan fingerprint density at radius 3 is 2.78 bits per heavy atom. The zero-order valence-corrected chi connectivity index (χ0v) is 13.1. The second-order valence-electron chi connectivity index (χ2n) is 4.74. The minimum absolute atomic E-state index is 0.0595. The Hall–Kier alpha value is -2.88. The van der Waals surface area contributed by atoms with E-state index in [1.807, 2.05) is 0 Å². The van der Waals surface area contributed by atoms with E-state index in [2.05, 4.69) is 15.2 Å². The van der Waals surface area contributed by atoms with Crippen molar-refractivity contribution in [3.63, 3.8) is 0 Å². The van der Waals surface area contributed by atoms with Crippen molar-refractivity contribution in [2.45, 2.75) is 24.0 Å². The van der Waals surface area contributed by atoms with Crippen molar-refractivity contribution < 1.29 is 9.34 Å². The van der Waals surface area contributed by atoms with Gasteiger partial charge in [-0.15, -0.1) is 10.2 Å². The molecule has 0 radical (unpaired) electrons. The molecule has 0 aliphatic heterocycles. The van der Waals surface area contributed by atoms with Gasteiger partial charge in [0.25, 0.3) is 5.69 Å². The molecular formula is C13H12N6O3S. The number of nitrogen functional groups attached to an aromatic ring is 1. The van der Waals surface area contributed by atoms with Gasteiger partial charge in [-0.2, -0.15) is 0 Å². The topological polar surface area (TPSA) is 126 Å². The number of nitrogens with two attached hydrogens (primary N) is 1. The van der Waals surface area contributed by atoms with Crippen molar-refractivity contribution in [1.29, 1.82) is 0 Å². The summed E-state index contributed by atoms with van der Waals surface area (Å²) < 4.78 is 6.57. The summed E-state index contributed by atoms with van der Waals surface area (Å²) in [5.74, 6) is 7.19. The highest BCUT2D eigenvalue weighted by Gasteiger charge is 2.18. The van der Waals surface area contributed by atoms with Crippen molar-refractivity contribution >= 4 is 17.4 Å². The summed E-state index contributed by atoms with van der Waals surface area (Å²) in [5.41, 5.74) is 1.35. The average molecular weight is 332 g/mol. The van der Waals surface area contributed by atoms with Gasteiger partial charge in [-0.25, -0.2) is 9.66 Å². The van der Waals surface area contributed by atoms with Crippen molar-refractivity contribution in [2.75, 3.05) is 5.84 Å². The molecule has 0 saturated carbocycles. The molecular weight excluding hydrogens is 320 g/mol. The van der Waals surface area contributed by atoms with Crippen molar-refractivity contribution in [1.82, 2.24) is 19.9 Å². The first-order chi connectivity index (χ1) is 11.0. The van der Waals surface area contributed by atoms with Crippen LogP contribution in [0.4, 0.5) is 5.69 Å². The van der Waals surface area contributed by atoms with E-state index in [0.29, 0.717) is 27.3 Å². The molecule has 0 aromatic carbocycles. The SMILES string of the molecule is Cc1cc([N+](=O)[O-])cnc1Sc1nnc(-c2ccoc2C)n1N. The minimum atomic E-state index is -0.486. The Balaban J connectivity index is 1.91. The summed E-state index contributed by atoms with van der Waals surface area (Å²) in [6, 6.07) is 3.21. The molecule has 3 aromatic heterocycles. The molecule has 0 atom stereocenters. The fourth-order valence-electron chi connectivity index (χ4n) is 1.99. The highest BCUT2D eigenvalue weighted by Crippen LogP contribution is 2.31. The van der Waals surface area contributed by atoms with Crippen LogP contribution in [-0.2, 0) is 0 Å². The van der Waals surface area contributed by atoms with E-state index in [9.17, 15) is 10.1 Å². The fourth-order valence-corrected chi connectivity index (χ4v) is 2.75. The predicted molar refractivity (Wildman–Crippen MR) is 82.4 cm³/mol. The highest BCUT2D eigenvalue weighted by atomic mass is 32.2. The Morgan fingerprint density at radius 1 is 1.39 bits per heavy atom. The first-order valence-corrected chi connectivity index (χ1v) is 7.33. The van der Waals surface area contributed by atoms with Crippen LogP contribution < -0.4 is 5.84 Å². The Labute approximate surface area is 134 Å². The van der Waals surface area contributed by atoms with Crippen LogP contribution in [0.2, 0.25) is 0 Å². The third kappa shape index (κ3) is 2.75. The summed E-state index contributed by atoms with van der Waals surface area (Å²) >= 11 is 1.19. The van der Waals surface area contributed by atoms with Gasteiger partial charge in [0.1, 0.15) is 17.0 Å². The van der Waals surface area contributed by atoms with E-state index < -0.39 is 4.92 Å². The quantitative estimate of drug-likeness (QED) is 0.438. The molecule has 0 amide bonds. The molecule has 0 aliphatic carbocycles. The van der Waals surface area contributed by atoms with Gasteiger partial charge >= 0.3 is 0 Å². The number of pyridine rings is 1. The zero-order chi connectivity index (χ0) is 16.6. The first kappa shape index (κ1) is 15.0. The largest absolute Gasteiger partial charge is 0.469 e. The number of hydrogen-bond acceptors (Lipinski definition) is 8. The minimum Gasteiger partial charge on any atom is -0.469 e. The molecule has 10 heteroatoms. The number of nitrogens with zero attached hydrogens (tertiary/aromatic N) is 5. The molecule has 3 aromatic rings. The smallest absolute Gasteiger partial charge is 0.287 e. The predicted octanol–water partition coefficient (Wildman–Crippen LogP) is 2.32. The van der Waals surface area contributed by atoms with Gasteiger partial charge in [0, 0.05) is 6.07 Å². The lowest BCUT2D eigenvalue weighted by atomic mass is 10.2. The van der Waals surface area contributed by atoms with Gasteiger partial charge in [-0.1, -0.05) is 0 Å². The van der Waals surface area contributed by atoms with E-state index in [4.69, 9.17) is 10.3 Å². The molecule has 3 heterocycles. The zero-order valence-electron chi connectivity index (χ0n) is 12.3. The van der Waals surface area contributed by atoms with Crippen LogP contribution in [0.3, 0.4) is 0 Å². The molecule has 3 rings (SSSR count). The Morgan fingerprint density at radius 2 is 2.17 bits per heavy atom. The fraction of sp³-hybridized carbons (Fsp3) is 0.154. The lowest BCUT2D eigenvalue weighted by Crippen LogP contribution is -2.11. The molecule has 0 fully saturated rings. The Bertz CT molecular complexity index is 888. The monoisotopic (exact) mass is 332 g/mol.